The van der Waals surface area contributed by atoms with Gasteiger partial charge in [0.05, 0.1) is 7.11 Å². The molecule has 0 aromatic rings. The van der Waals surface area contributed by atoms with Gasteiger partial charge in [-0.15, -0.1) is 0 Å². The molecule has 7 nitrogen and oxygen atoms in total. The van der Waals surface area contributed by atoms with Crippen LogP contribution in [-0.2, 0) is 19.1 Å². The fraction of sp³-hybridized carbons (Fsp3) is 0.824. The number of ether oxygens (including phenoxy) is 2. The third kappa shape index (κ3) is 7.66. The molecule has 0 bridgehead atoms. The van der Waals surface area contributed by atoms with Crippen LogP contribution >= 0.6 is 0 Å². The molecule has 0 aromatic carbocycles. The summed E-state index contributed by atoms with van der Waals surface area (Å²) in [5.74, 6) is -1.21. The zero-order valence-corrected chi connectivity index (χ0v) is 16.1. The van der Waals surface area contributed by atoms with E-state index in [4.69, 9.17) is 9.47 Å². The summed E-state index contributed by atoms with van der Waals surface area (Å²) in [6.07, 6.45) is 0.0143. The van der Waals surface area contributed by atoms with Crippen molar-refractivity contribution >= 4 is 18.0 Å². The third-order valence-electron chi connectivity index (χ3n) is 3.59. The van der Waals surface area contributed by atoms with Crippen LogP contribution in [0.25, 0.3) is 0 Å². The summed E-state index contributed by atoms with van der Waals surface area (Å²) in [6, 6.07) is -1.56. The highest BCUT2D eigenvalue weighted by molar-refractivity contribution is 5.90. The smallest absolute Gasteiger partial charge is 0.408 e. The van der Waals surface area contributed by atoms with Crippen molar-refractivity contribution in [2.24, 2.45) is 11.8 Å². The maximum Gasteiger partial charge on any atom is 0.408 e. The minimum Gasteiger partial charge on any atom is -0.467 e. The van der Waals surface area contributed by atoms with Gasteiger partial charge in [0.1, 0.15) is 17.7 Å². The Morgan fingerprint density at radius 3 is 1.92 bits per heavy atom. The standard InChI is InChI=1S/C17H32N2O5/c1-9-11(4)13(19-16(22)24-17(5,6)7)14(20)18-12(10(2)3)15(21)23-8/h10-13H,9H2,1-8H3,(H,18,20)(H,19,22)/t11-,12+,13+/m0/s1. The maximum absolute atomic E-state index is 12.6. The lowest BCUT2D eigenvalue weighted by Gasteiger charge is -2.28. The fourth-order valence-corrected chi connectivity index (χ4v) is 2.00. The molecule has 0 saturated carbocycles. The first kappa shape index (κ1) is 22.2. The van der Waals surface area contributed by atoms with Crippen LogP contribution in [0.5, 0.6) is 0 Å². The van der Waals surface area contributed by atoms with Crippen molar-refractivity contribution < 1.29 is 23.9 Å². The Balaban J connectivity index is 5.13. The highest BCUT2D eigenvalue weighted by Gasteiger charge is 2.32. The van der Waals surface area contributed by atoms with Gasteiger partial charge in [0.15, 0.2) is 0 Å². The average Bonchev–Trinajstić information content (AvgIpc) is 2.46. The fourth-order valence-electron chi connectivity index (χ4n) is 2.00. The van der Waals surface area contributed by atoms with Crippen molar-refractivity contribution in [1.29, 1.82) is 0 Å². The van der Waals surface area contributed by atoms with E-state index in [-0.39, 0.29) is 11.8 Å². The van der Waals surface area contributed by atoms with Gasteiger partial charge in [-0.2, -0.15) is 0 Å². The summed E-state index contributed by atoms with van der Waals surface area (Å²) < 4.78 is 9.93. The van der Waals surface area contributed by atoms with Crippen molar-refractivity contribution in [2.45, 2.75) is 72.6 Å². The Hall–Kier alpha value is -1.79. The largest absolute Gasteiger partial charge is 0.467 e. The number of methoxy groups -OCH3 is 1. The molecule has 0 aromatic heterocycles. The van der Waals surface area contributed by atoms with E-state index in [9.17, 15) is 14.4 Å². The minimum absolute atomic E-state index is 0.122. The molecule has 2 N–H and O–H groups in total. The third-order valence-corrected chi connectivity index (χ3v) is 3.59. The Morgan fingerprint density at radius 1 is 1.00 bits per heavy atom. The first-order chi connectivity index (χ1) is 10.9. The van der Waals surface area contributed by atoms with E-state index in [1.165, 1.54) is 7.11 Å². The number of nitrogens with one attached hydrogen (secondary N) is 2. The molecule has 2 amide bonds. The molecule has 0 aliphatic rings. The first-order valence-electron chi connectivity index (χ1n) is 8.30. The minimum atomic E-state index is -0.796. The second-order valence-electron chi connectivity index (χ2n) is 7.26. The molecule has 3 atom stereocenters. The average molecular weight is 344 g/mol. The van der Waals surface area contributed by atoms with E-state index >= 15 is 0 Å². The Bertz CT molecular complexity index is 443. The van der Waals surface area contributed by atoms with E-state index < -0.39 is 35.7 Å². The molecular formula is C17H32N2O5. The number of alkyl carbamates (subject to hydrolysis) is 1. The SMILES string of the molecule is CC[C@H](C)[C@@H](NC(=O)OC(C)(C)C)C(=O)N[C@@H](C(=O)OC)C(C)C. The highest BCUT2D eigenvalue weighted by Crippen LogP contribution is 2.12. The molecule has 0 heterocycles. The normalized spacial score (nSPS) is 15.2. The molecule has 0 aliphatic heterocycles. The molecule has 0 rings (SSSR count). The quantitative estimate of drug-likeness (QED) is 0.691. The van der Waals surface area contributed by atoms with Crippen LogP contribution in [0.3, 0.4) is 0 Å². The lowest BCUT2D eigenvalue weighted by atomic mass is 9.97. The highest BCUT2D eigenvalue weighted by atomic mass is 16.6. The molecule has 0 saturated heterocycles. The lowest BCUT2D eigenvalue weighted by molar-refractivity contribution is -0.146. The van der Waals surface area contributed by atoms with Gasteiger partial charge in [-0.3, -0.25) is 4.79 Å². The van der Waals surface area contributed by atoms with Crippen LogP contribution in [0, 0.1) is 11.8 Å². The summed E-state index contributed by atoms with van der Waals surface area (Å²) in [6.45, 7) is 12.6. The predicted molar refractivity (Wildman–Crippen MR) is 91.4 cm³/mol. The Morgan fingerprint density at radius 2 is 1.54 bits per heavy atom. The topological polar surface area (TPSA) is 93.7 Å². The van der Waals surface area contributed by atoms with Gasteiger partial charge in [-0.05, 0) is 32.6 Å². The summed E-state index contributed by atoms with van der Waals surface area (Å²) in [4.78, 5) is 36.4. The van der Waals surface area contributed by atoms with Gasteiger partial charge in [0.25, 0.3) is 0 Å². The number of hydrogen-bond acceptors (Lipinski definition) is 5. The predicted octanol–water partition coefficient (Wildman–Crippen LogP) is 2.24. The molecule has 0 fully saturated rings. The number of carbonyl (C=O) groups excluding carboxylic acids is 3. The maximum atomic E-state index is 12.6. The van der Waals surface area contributed by atoms with Gasteiger partial charge in [-0.1, -0.05) is 34.1 Å². The van der Waals surface area contributed by atoms with E-state index in [0.717, 1.165) is 0 Å². The molecule has 0 radical (unpaired) electrons. The number of esters is 1. The molecule has 0 unspecified atom stereocenters. The second-order valence-corrected chi connectivity index (χ2v) is 7.26. The number of carbonyl (C=O) groups is 3. The molecule has 7 heteroatoms. The number of amides is 2. The van der Waals surface area contributed by atoms with Crippen LogP contribution in [-0.4, -0.2) is 42.8 Å². The molecule has 140 valence electrons. The molecular weight excluding hydrogens is 312 g/mol. The van der Waals surface area contributed by atoms with Crippen LogP contribution in [0.2, 0.25) is 0 Å². The van der Waals surface area contributed by atoms with Gasteiger partial charge in [-0.25, -0.2) is 9.59 Å². The molecule has 0 aliphatic carbocycles. The zero-order chi connectivity index (χ0) is 19.1. The summed E-state index contributed by atoms with van der Waals surface area (Å²) >= 11 is 0. The second kappa shape index (κ2) is 9.49. The van der Waals surface area contributed by atoms with Crippen molar-refractivity contribution in [3.8, 4) is 0 Å². The van der Waals surface area contributed by atoms with E-state index in [0.29, 0.717) is 6.42 Å². The van der Waals surface area contributed by atoms with Crippen LogP contribution in [0.1, 0.15) is 54.9 Å². The van der Waals surface area contributed by atoms with Gasteiger partial charge in [0.2, 0.25) is 5.91 Å². The van der Waals surface area contributed by atoms with Gasteiger partial charge < -0.3 is 20.1 Å². The first-order valence-corrected chi connectivity index (χ1v) is 8.30. The summed E-state index contributed by atoms with van der Waals surface area (Å²) in [5.41, 5.74) is -0.660. The lowest BCUT2D eigenvalue weighted by Crippen LogP contribution is -2.56. The van der Waals surface area contributed by atoms with E-state index in [1.54, 1.807) is 34.6 Å². The molecule has 0 spiro atoms. The Labute approximate surface area is 144 Å². The molecule has 24 heavy (non-hydrogen) atoms. The van der Waals surface area contributed by atoms with Crippen molar-refractivity contribution in [1.82, 2.24) is 10.6 Å². The van der Waals surface area contributed by atoms with E-state index in [1.807, 2.05) is 13.8 Å². The number of hydrogen-bond donors (Lipinski definition) is 2. The van der Waals surface area contributed by atoms with Crippen molar-refractivity contribution in [3.63, 3.8) is 0 Å². The summed E-state index contributed by atoms with van der Waals surface area (Å²) in [7, 11) is 1.27. The monoisotopic (exact) mass is 344 g/mol. The van der Waals surface area contributed by atoms with Crippen molar-refractivity contribution in [3.05, 3.63) is 0 Å². The van der Waals surface area contributed by atoms with Crippen molar-refractivity contribution in [2.75, 3.05) is 7.11 Å². The van der Waals surface area contributed by atoms with Crippen LogP contribution in [0.15, 0.2) is 0 Å². The number of rotatable bonds is 7. The van der Waals surface area contributed by atoms with Crippen LogP contribution < -0.4 is 10.6 Å². The zero-order valence-electron chi connectivity index (χ0n) is 16.1. The summed E-state index contributed by atoms with van der Waals surface area (Å²) in [5, 5.41) is 5.27. The van der Waals surface area contributed by atoms with E-state index in [2.05, 4.69) is 10.6 Å². The Kier molecular flexibility index (Phi) is 8.78. The van der Waals surface area contributed by atoms with Gasteiger partial charge in [0, 0.05) is 0 Å². The van der Waals surface area contributed by atoms with Crippen LogP contribution in [0.4, 0.5) is 4.79 Å². The van der Waals surface area contributed by atoms with Gasteiger partial charge >= 0.3 is 12.1 Å².